The summed E-state index contributed by atoms with van der Waals surface area (Å²) in [6.45, 7) is 1.99. The van der Waals surface area contributed by atoms with E-state index >= 15 is 0 Å². The summed E-state index contributed by atoms with van der Waals surface area (Å²) in [5, 5.41) is 1.44. The van der Waals surface area contributed by atoms with Gasteiger partial charge in [0.25, 0.3) is 0 Å². The van der Waals surface area contributed by atoms with E-state index in [1.807, 2.05) is 37.3 Å². The van der Waals surface area contributed by atoms with Gasteiger partial charge in [-0.2, -0.15) is 0 Å². The summed E-state index contributed by atoms with van der Waals surface area (Å²) >= 11 is 16.0. The Bertz CT molecular complexity index is 599. The smallest absolute Gasteiger partial charge is 0.120 e. The van der Waals surface area contributed by atoms with Crippen LogP contribution in [0.15, 0.2) is 36.4 Å². The van der Waals surface area contributed by atoms with Gasteiger partial charge in [0.05, 0.1) is 11.9 Å². The molecule has 0 heterocycles. The minimum Gasteiger partial charge on any atom is -0.497 e. The highest BCUT2D eigenvalue weighted by atomic mass is 79.9. The van der Waals surface area contributed by atoms with Crippen molar-refractivity contribution in [1.82, 2.24) is 0 Å². The molecule has 1 unspecified atom stereocenters. The number of aryl methyl sites for hydroxylation is 1. The maximum absolute atomic E-state index is 6.29. The van der Waals surface area contributed by atoms with Gasteiger partial charge in [-0.15, -0.1) is 0 Å². The Morgan fingerprint density at radius 1 is 1.05 bits per heavy atom. The summed E-state index contributed by atoms with van der Waals surface area (Å²) in [5.41, 5.74) is 3.17. The predicted octanol–water partition coefficient (Wildman–Crippen LogP) is 5.79. The van der Waals surface area contributed by atoms with Crippen molar-refractivity contribution in [2.24, 2.45) is 0 Å². The Balaban J connectivity index is 2.38. The number of halogens is 3. The maximum atomic E-state index is 6.29. The van der Waals surface area contributed by atoms with Crippen molar-refractivity contribution in [3.63, 3.8) is 0 Å². The van der Waals surface area contributed by atoms with Crippen LogP contribution in [0, 0.1) is 6.92 Å². The third-order valence-electron chi connectivity index (χ3n) is 2.96. The molecular weight excluding hydrogens is 347 g/mol. The van der Waals surface area contributed by atoms with Gasteiger partial charge < -0.3 is 4.74 Å². The van der Waals surface area contributed by atoms with Crippen LogP contribution < -0.4 is 4.74 Å². The van der Waals surface area contributed by atoms with Crippen LogP contribution in [-0.4, -0.2) is 7.11 Å². The molecule has 0 N–H and O–H groups in total. The van der Waals surface area contributed by atoms with Gasteiger partial charge in [0.15, 0.2) is 0 Å². The summed E-state index contributed by atoms with van der Waals surface area (Å²) < 4.78 is 5.15. The molecule has 1 atom stereocenters. The van der Waals surface area contributed by atoms with Gasteiger partial charge in [-0.3, -0.25) is 0 Å². The topological polar surface area (TPSA) is 9.23 Å². The highest BCUT2D eigenvalue weighted by Crippen LogP contribution is 2.37. The van der Waals surface area contributed by atoms with E-state index in [9.17, 15) is 0 Å². The fraction of sp³-hybridized carbons (Fsp3) is 0.200. The molecule has 0 saturated heterocycles. The maximum Gasteiger partial charge on any atom is 0.120 e. The summed E-state index contributed by atoms with van der Waals surface area (Å²) in [6, 6.07) is 11.6. The van der Waals surface area contributed by atoms with E-state index in [1.165, 1.54) is 0 Å². The fourth-order valence-corrected chi connectivity index (χ4v) is 3.06. The van der Waals surface area contributed by atoms with Gasteiger partial charge >= 0.3 is 0 Å². The summed E-state index contributed by atoms with van der Waals surface area (Å²) in [5.74, 6) is 0.751. The standard InChI is InChI=1S/C15H13BrCl2O/c1-9-7-10(3-6-13(9)17)15(16)12-5-4-11(19-2)8-14(12)18/h3-8,15H,1-2H3. The molecule has 0 amide bonds. The minimum atomic E-state index is 0.0295. The molecule has 0 saturated carbocycles. The molecular formula is C15H13BrCl2O. The molecule has 2 aromatic rings. The van der Waals surface area contributed by atoms with Crippen molar-refractivity contribution in [2.45, 2.75) is 11.8 Å². The zero-order valence-electron chi connectivity index (χ0n) is 10.6. The number of rotatable bonds is 3. The average Bonchev–Trinajstić information content (AvgIpc) is 2.41. The van der Waals surface area contributed by atoms with Gasteiger partial charge in [0, 0.05) is 10.0 Å². The number of hydrogen-bond acceptors (Lipinski definition) is 1. The van der Waals surface area contributed by atoms with Crippen molar-refractivity contribution < 1.29 is 4.74 Å². The highest BCUT2D eigenvalue weighted by molar-refractivity contribution is 9.09. The molecule has 0 radical (unpaired) electrons. The molecule has 2 aromatic carbocycles. The summed E-state index contributed by atoms with van der Waals surface area (Å²) in [6.07, 6.45) is 0. The van der Waals surface area contributed by atoms with E-state index in [1.54, 1.807) is 7.11 Å². The molecule has 0 bridgehead atoms. The van der Waals surface area contributed by atoms with Crippen LogP contribution in [0.25, 0.3) is 0 Å². The fourth-order valence-electron chi connectivity index (χ4n) is 1.85. The van der Waals surface area contributed by atoms with E-state index in [0.717, 1.165) is 27.5 Å². The van der Waals surface area contributed by atoms with E-state index < -0.39 is 0 Å². The van der Waals surface area contributed by atoms with Crippen LogP contribution in [-0.2, 0) is 0 Å². The van der Waals surface area contributed by atoms with Crippen molar-refractivity contribution in [1.29, 1.82) is 0 Å². The van der Waals surface area contributed by atoms with Crippen molar-refractivity contribution >= 4 is 39.1 Å². The van der Waals surface area contributed by atoms with E-state index in [-0.39, 0.29) is 4.83 Å². The summed E-state index contributed by atoms with van der Waals surface area (Å²) in [4.78, 5) is 0.0295. The van der Waals surface area contributed by atoms with Crippen LogP contribution in [0.1, 0.15) is 21.5 Å². The minimum absolute atomic E-state index is 0.0295. The lowest BCUT2D eigenvalue weighted by atomic mass is 10.0. The average molecular weight is 360 g/mol. The Morgan fingerprint density at radius 3 is 2.37 bits per heavy atom. The Hall–Kier alpha value is -0.700. The molecule has 0 aliphatic rings. The van der Waals surface area contributed by atoms with Gasteiger partial charge in [0.2, 0.25) is 0 Å². The van der Waals surface area contributed by atoms with Crippen molar-refractivity contribution in [3.05, 3.63) is 63.1 Å². The van der Waals surface area contributed by atoms with Crippen LogP contribution in [0.3, 0.4) is 0 Å². The third kappa shape index (κ3) is 3.25. The lowest BCUT2D eigenvalue weighted by molar-refractivity contribution is 0.414. The van der Waals surface area contributed by atoms with Crippen molar-refractivity contribution in [3.8, 4) is 5.75 Å². The SMILES string of the molecule is COc1ccc(C(Br)c2ccc(Cl)c(C)c2)c(Cl)c1. The third-order valence-corrected chi connectivity index (χ3v) is 4.73. The lowest BCUT2D eigenvalue weighted by Crippen LogP contribution is -1.95. The second-order valence-electron chi connectivity index (χ2n) is 4.26. The monoisotopic (exact) mass is 358 g/mol. The largest absolute Gasteiger partial charge is 0.497 e. The number of hydrogen-bond donors (Lipinski definition) is 0. The quantitative estimate of drug-likeness (QED) is 0.629. The van der Waals surface area contributed by atoms with Gasteiger partial charge in [0.1, 0.15) is 5.75 Å². The first-order chi connectivity index (χ1) is 9.02. The first-order valence-electron chi connectivity index (χ1n) is 5.76. The molecule has 19 heavy (non-hydrogen) atoms. The van der Waals surface area contributed by atoms with E-state index in [0.29, 0.717) is 5.02 Å². The Morgan fingerprint density at radius 2 is 1.79 bits per heavy atom. The molecule has 0 aromatic heterocycles. The van der Waals surface area contributed by atoms with Gasteiger partial charge in [-0.1, -0.05) is 57.3 Å². The van der Waals surface area contributed by atoms with Crippen LogP contribution in [0.5, 0.6) is 5.75 Å². The zero-order valence-corrected chi connectivity index (χ0v) is 13.7. The zero-order chi connectivity index (χ0) is 14.0. The van der Waals surface area contributed by atoms with Crippen LogP contribution >= 0.6 is 39.1 Å². The van der Waals surface area contributed by atoms with Crippen molar-refractivity contribution in [2.75, 3.05) is 7.11 Å². The number of ether oxygens (including phenoxy) is 1. The lowest BCUT2D eigenvalue weighted by Gasteiger charge is -2.14. The Labute approximate surface area is 131 Å². The molecule has 1 nitrogen and oxygen atoms in total. The molecule has 0 fully saturated rings. The first-order valence-corrected chi connectivity index (χ1v) is 7.43. The number of methoxy groups -OCH3 is 1. The van der Waals surface area contributed by atoms with Crippen LogP contribution in [0.4, 0.5) is 0 Å². The number of alkyl halides is 1. The second-order valence-corrected chi connectivity index (χ2v) is 5.99. The predicted molar refractivity (Wildman–Crippen MR) is 85.0 cm³/mol. The molecule has 0 spiro atoms. The molecule has 0 aliphatic heterocycles. The molecule has 2 rings (SSSR count). The molecule has 0 aliphatic carbocycles. The normalized spacial score (nSPS) is 12.3. The van der Waals surface area contributed by atoms with Gasteiger partial charge in [-0.25, -0.2) is 0 Å². The highest BCUT2D eigenvalue weighted by Gasteiger charge is 2.15. The van der Waals surface area contributed by atoms with Crippen LogP contribution in [0.2, 0.25) is 10.0 Å². The Kier molecular flexibility index (Phi) is 4.77. The molecule has 4 heteroatoms. The second kappa shape index (κ2) is 6.17. The molecule has 100 valence electrons. The first kappa shape index (κ1) is 14.7. The number of benzene rings is 2. The van der Waals surface area contributed by atoms with E-state index in [2.05, 4.69) is 22.0 Å². The summed E-state index contributed by atoms with van der Waals surface area (Å²) in [7, 11) is 1.62. The van der Waals surface area contributed by atoms with Gasteiger partial charge in [-0.05, 0) is 41.8 Å². The van der Waals surface area contributed by atoms with E-state index in [4.69, 9.17) is 27.9 Å².